The van der Waals surface area contributed by atoms with Crippen LogP contribution in [0.3, 0.4) is 0 Å². The summed E-state index contributed by atoms with van der Waals surface area (Å²) in [7, 11) is 0. The van der Waals surface area contributed by atoms with Crippen LogP contribution in [0.1, 0.15) is 31.5 Å². The second-order valence-corrected chi connectivity index (χ2v) is 4.72. The Labute approximate surface area is 131 Å². The molecule has 0 bridgehead atoms. The summed E-state index contributed by atoms with van der Waals surface area (Å²) in [6.45, 7) is 15.9. The summed E-state index contributed by atoms with van der Waals surface area (Å²) in [6, 6.07) is 4.10. The van der Waals surface area contributed by atoms with Crippen molar-refractivity contribution < 1.29 is 5.21 Å². The van der Waals surface area contributed by atoms with Crippen molar-refractivity contribution in [2.24, 2.45) is 5.16 Å². The lowest BCUT2D eigenvalue weighted by molar-refractivity contribution is 0.323. The average Bonchev–Trinajstić information content (AvgIpc) is 2.90. The van der Waals surface area contributed by atoms with E-state index in [1.807, 2.05) is 53.1 Å². The van der Waals surface area contributed by atoms with Crippen molar-refractivity contribution in [2.45, 2.75) is 34.6 Å². The maximum atomic E-state index is 7.08. The molecule has 0 aromatic carbocycles. The van der Waals surface area contributed by atoms with E-state index in [4.69, 9.17) is 5.21 Å². The van der Waals surface area contributed by atoms with E-state index in [-0.39, 0.29) is 0 Å². The highest BCUT2D eigenvalue weighted by Gasteiger charge is 2.00. The summed E-state index contributed by atoms with van der Waals surface area (Å²) in [5.74, 6) is 0. The van der Waals surface area contributed by atoms with Crippen LogP contribution in [0.15, 0.2) is 42.3 Å². The molecule has 2 heterocycles. The molecule has 2 aromatic rings. The van der Waals surface area contributed by atoms with Gasteiger partial charge in [-0.3, -0.25) is 4.98 Å². The van der Waals surface area contributed by atoms with Gasteiger partial charge in [-0.15, -0.1) is 23.1 Å². The molecule has 0 radical (unpaired) electrons. The molecule has 2 rings (SSSR count). The lowest BCUT2D eigenvalue weighted by Gasteiger charge is -1.95. The van der Waals surface area contributed by atoms with Crippen LogP contribution in [0.4, 0.5) is 0 Å². The van der Waals surface area contributed by atoms with Gasteiger partial charge in [-0.05, 0) is 26.8 Å². The van der Waals surface area contributed by atoms with Crippen molar-refractivity contribution in [2.75, 3.05) is 0 Å². The van der Waals surface area contributed by atoms with Gasteiger partial charge in [0.25, 0.3) is 0 Å². The Morgan fingerprint density at radius 2 is 1.71 bits per heavy atom. The van der Waals surface area contributed by atoms with Crippen molar-refractivity contribution in [3.05, 3.63) is 47.9 Å². The number of thiazole rings is 1. The zero-order valence-corrected chi connectivity index (χ0v) is 14.3. The molecule has 0 atom stereocenters. The van der Waals surface area contributed by atoms with Gasteiger partial charge in [-0.2, -0.15) is 0 Å². The molecular formula is C16H25N3OS. The maximum absolute atomic E-state index is 7.08. The Bertz CT molecular complexity index is 486. The third-order valence-electron chi connectivity index (χ3n) is 1.82. The second-order valence-electron chi connectivity index (χ2n) is 3.48. The van der Waals surface area contributed by atoms with Gasteiger partial charge in [0.05, 0.1) is 9.88 Å². The average molecular weight is 307 g/mol. The SMILES string of the molecule is C=CC.C=NO.CC.Cc1ccc(-c2cnc(C)s2)cn1. The van der Waals surface area contributed by atoms with Crippen LogP contribution in [-0.2, 0) is 0 Å². The van der Waals surface area contributed by atoms with Crippen LogP contribution in [0.5, 0.6) is 0 Å². The largest absolute Gasteiger partial charge is 0.411 e. The highest BCUT2D eigenvalue weighted by molar-refractivity contribution is 7.15. The van der Waals surface area contributed by atoms with Crippen LogP contribution in [0.25, 0.3) is 10.4 Å². The van der Waals surface area contributed by atoms with Gasteiger partial charge in [0.2, 0.25) is 0 Å². The minimum atomic E-state index is 1.05. The van der Waals surface area contributed by atoms with Crippen molar-refractivity contribution in [1.29, 1.82) is 0 Å². The predicted octanol–water partition coefficient (Wildman–Crippen LogP) is 5.12. The monoisotopic (exact) mass is 307 g/mol. The topological polar surface area (TPSA) is 58.4 Å². The molecule has 0 spiro atoms. The molecule has 0 unspecified atom stereocenters. The van der Waals surface area contributed by atoms with Gasteiger partial charge in [0, 0.05) is 30.4 Å². The summed E-state index contributed by atoms with van der Waals surface area (Å²) in [5.41, 5.74) is 2.20. The van der Waals surface area contributed by atoms with E-state index in [0.717, 1.165) is 16.3 Å². The Morgan fingerprint density at radius 1 is 1.19 bits per heavy atom. The fourth-order valence-electron chi connectivity index (χ4n) is 1.11. The molecule has 0 saturated carbocycles. The number of oxime groups is 1. The van der Waals surface area contributed by atoms with Crippen LogP contribution in [0.2, 0.25) is 0 Å². The molecule has 2 aromatic heterocycles. The van der Waals surface area contributed by atoms with E-state index in [2.05, 4.69) is 34.5 Å². The zero-order valence-electron chi connectivity index (χ0n) is 13.5. The summed E-state index contributed by atoms with van der Waals surface area (Å²) in [6.07, 6.45) is 5.54. The quantitative estimate of drug-likeness (QED) is 0.344. The molecule has 21 heavy (non-hydrogen) atoms. The van der Waals surface area contributed by atoms with Gasteiger partial charge >= 0.3 is 0 Å². The smallest absolute Gasteiger partial charge is 0.0900 e. The highest BCUT2D eigenvalue weighted by Crippen LogP contribution is 2.24. The molecule has 0 saturated heterocycles. The lowest BCUT2D eigenvalue weighted by atomic mass is 10.2. The Balaban J connectivity index is 0. The molecule has 0 aliphatic rings. The van der Waals surface area contributed by atoms with Gasteiger partial charge in [0.15, 0.2) is 0 Å². The number of nitrogens with zero attached hydrogens (tertiary/aromatic N) is 3. The summed E-state index contributed by atoms with van der Waals surface area (Å²) in [5, 5.41) is 10.4. The van der Waals surface area contributed by atoms with E-state index in [1.54, 1.807) is 17.4 Å². The van der Waals surface area contributed by atoms with E-state index in [9.17, 15) is 0 Å². The number of aromatic nitrogens is 2. The van der Waals surface area contributed by atoms with Crippen molar-refractivity contribution in [1.82, 2.24) is 9.97 Å². The Hall–Kier alpha value is -2.01. The number of allylic oxidation sites excluding steroid dienone is 1. The van der Waals surface area contributed by atoms with Gasteiger partial charge in [-0.25, -0.2) is 4.98 Å². The third-order valence-corrected chi connectivity index (χ3v) is 2.78. The number of hydrogen-bond donors (Lipinski definition) is 1. The first-order valence-corrected chi connectivity index (χ1v) is 7.43. The first kappa shape index (κ1) is 21.3. The van der Waals surface area contributed by atoms with Crippen molar-refractivity contribution in [3.63, 3.8) is 0 Å². The molecule has 116 valence electrons. The summed E-state index contributed by atoms with van der Waals surface area (Å²) in [4.78, 5) is 9.64. The molecule has 0 aliphatic carbocycles. The van der Waals surface area contributed by atoms with E-state index in [0.29, 0.717) is 0 Å². The summed E-state index contributed by atoms with van der Waals surface area (Å²) < 4.78 is 0. The highest BCUT2D eigenvalue weighted by atomic mass is 32.1. The Morgan fingerprint density at radius 3 is 2.05 bits per heavy atom. The minimum Gasteiger partial charge on any atom is -0.411 e. The first-order valence-electron chi connectivity index (χ1n) is 6.61. The predicted molar refractivity (Wildman–Crippen MR) is 93.4 cm³/mol. The van der Waals surface area contributed by atoms with Gasteiger partial charge < -0.3 is 5.21 Å². The molecule has 4 nitrogen and oxygen atoms in total. The third kappa shape index (κ3) is 10.4. The summed E-state index contributed by atoms with van der Waals surface area (Å²) >= 11 is 1.70. The lowest BCUT2D eigenvalue weighted by Crippen LogP contribution is -1.79. The molecule has 0 fully saturated rings. The minimum absolute atomic E-state index is 1.05. The van der Waals surface area contributed by atoms with Crippen LogP contribution in [0, 0.1) is 13.8 Å². The number of pyridine rings is 1. The van der Waals surface area contributed by atoms with Crippen LogP contribution < -0.4 is 0 Å². The fraction of sp³-hybridized carbons (Fsp3) is 0.312. The number of rotatable bonds is 1. The normalized spacial score (nSPS) is 7.86. The van der Waals surface area contributed by atoms with E-state index >= 15 is 0 Å². The van der Waals surface area contributed by atoms with Gasteiger partial charge in [-0.1, -0.05) is 26.0 Å². The van der Waals surface area contributed by atoms with Crippen molar-refractivity contribution >= 4 is 18.1 Å². The first-order chi connectivity index (χ1) is 10.1. The Kier molecular flexibility index (Phi) is 14.6. The second kappa shape index (κ2) is 14.4. The molecule has 1 N–H and O–H groups in total. The van der Waals surface area contributed by atoms with Crippen molar-refractivity contribution in [3.8, 4) is 10.4 Å². The molecule has 0 aliphatic heterocycles. The van der Waals surface area contributed by atoms with Crippen LogP contribution in [-0.4, -0.2) is 21.9 Å². The zero-order chi connectivity index (χ0) is 16.7. The van der Waals surface area contributed by atoms with E-state index in [1.165, 1.54) is 4.88 Å². The molecule has 0 amide bonds. The number of hydrogen-bond acceptors (Lipinski definition) is 5. The molecular weight excluding hydrogens is 282 g/mol. The van der Waals surface area contributed by atoms with E-state index < -0.39 is 0 Å². The van der Waals surface area contributed by atoms with Gasteiger partial charge in [0.1, 0.15) is 0 Å². The number of aryl methyl sites for hydroxylation is 2. The standard InChI is InChI=1S/C10H10N2S.C3H6.C2H6.CH3NO/c1-7-3-4-9(5-11-7)10-6-12-8(2)13-10;1-3-2;1-2;1-2-3/h3-6H,1-2H3;3H,1H2,2H3;1-2H3;3H,1H2. The van der Waals surface area contributed by atoms with Crippen LogP contribution >= 0.6 is 11.3 Å². The molecule has 5 heteroatoms. The maximum Gasteiger partial charge on any atom is 0.0900 e. The fourth-order valence-corrected chi connectivity index (χ4v) is 1.88.